The molecule has 3 rings (SSSR count). The number of H-pyrrole nitrogens is 1. The molecule has 1 fully saturated rings. The van der Waals surface area contributed by atoms with Gasteiger partial charge in [-0.3, -0.25) is 5.10 Å². The second kappa shape index (κ2) is 8.69. The number of morpholine rings is 1. The van der Waals surface area contributed by atoms with Gasteiger partial charge in [0.2, 0.25) is 0 Å². The number of allylic oxidation sites excluding steroid dienone is 1. The number of hydrogen-bond acceptors (Lipinski definition) is 6. The summed E-state index contributed by atoms with van der Waals surface area (Å²) in [5.41, 5.74) is 3.22. The van der Waals surface area contributed by atoms with Crippen molar-refractivity contribution >= 4 is 23.5 Å². The third-order valence-corrected chi connectivity index (χ3v) is 4.83. The first-order valence-corrected chi connectivity index (χ1v) is 9.27. The van der Waals surface area contributed by atoms with Gasteiger partial charge in [0.1, 0.15) is 17.5 Å². The maximum absolute atomic E-state index is 9.40. The van der Waals surface area contributed by atoms with E-state index in [0.717, 1.165) is 48.1 Å². The van der Waals surface area contributed by atoms with Crippen molar-refractivity contribution in [3.8, 4) is 6.07 Å². The summed E-state index contributed by atoms with van der Waals surface area (Å²) in [5.74, 6) is 2.56. The van der Waals surface area contributed by atoms with Gasteiger partial charge >= 0.3 is 0 Å². The first kappa shape index (κ1) is 18.9. The van der Waals surface area contributed by atoms with Crippen molar-refractivity contribution in [3.63, 3.8) is 0 Å². The quantitative estimate of drug-likeness (QED) is 0.845. The maximum atomic E-state index is 9.40. The van der Waals surface area contributed by atoms with Gasteiger partial charge in [0.25, 0.3) is 0 Å². The number of aromatic amines is 1. The van der Waals surface area contributed by atoms with Crippen molar-refractivity contribution in [2.24, 2.45) is 0 Å². The summed E-state index contributed by atoms with van der Waals surface area (Å²) in [7, 11) is 1.97. The molecule has 1 N–H and O–H groups in total. The second-order valence-electron chi connectivity index (χ2n) is 6.66. The molecule has 27 heavy (non-hydrogen) atoms. The molecule has 0 aromatic carbocycles. The topological polar surface area (TPSA) is 81.1 Å². The van der Waals surface area contributed by atoms with Gasteiger partial charge in [-0.1, -0.05) is 18.6 Å². The fourth-order valence-electron chi connectivity index (χ4n) is 3.07. The van der Waals surface area contributed by atoms with Crippen LogP contribution in [-0.4, -0.2) is 48.5 Å². The van der Waals surface area contributed by atoms with Crippen LogP contribution < -0.4 is 9.80 Å². The molecule has 3 heterocycles. The molecular formula is C20H26N6O. The zero-order valence-electron chi connectivity index (χ0n) is 16.2. The monoisotopic (exact) mass is 366 g/mol. The fraction of sp³-hybridized carbons (Fsp3) is 0.450. The summed E-state index contributed by atoms with van der Waals surface area (Å²) in [5, 5.41) is 16.5. The SMILES string of the molecule is CCC(C)=Cc1c(CC#N)cc(N2CCOCC2)nc1N(C)c1ccn[nH]1. The molecule has 0 radical (unpaired) electrons. The molecule has 0 amide bonds. The van der Waals surface area contributed by atoms with Gasteiger partial charge in [-0.15, -0.1) is 0 Å². The summed E-state index contributed by atoms with van der Waals surface area (Å²) in [6.45, 7) is 7.22. The summed E-state index contributed by atoms with van der Waals surface area (Å²) >= 11 is 0. The van der Waals surface area contributed by atoms with Crippen molar-refractivity contribution < 1.29 is 4.74 Å². The summed E-state index contributed by atoms with van der Waals surface area (Å²) in [6.07, 6.45) is 5.16. The van der Waals surface area contributed by atoms with E-state index in [2.05, 4.69) is 41.1 Å². The standard InChI is InChI=1S/C20H26N6O/c1-4-15(2)13-17-16(5-7-21)14-19(26-9-11-27-12-10-26)23-20(17)25(3)18-6-8-22-24-18/h6,8,13-14H,4-5,9-12H2,1-3H3,(H,22,24). The van der Waals surface area contributed by atoms with Gasteiger partial charge in [0, 0.05) is 31.8 Å². The summed E-state index contributed by atoms with van der Waals surface area (Å²) in [4.78, 5) is 9.19. The van der Waals surface area contributed by atoms with Crippen molar-refractivity contribution in [1.29, 1.82) is 5.26 Å². The highest BCUT2D eigenvalue weighted by atomic mass is 16.5. The number of ether oxygens (including phenoxy) is 1. The Hall–Kier alpha value is -2.85. The molecule has 1 aliphatic heterocycles. The van der Waals surface area contributed by atoms with E-state index in [4.69, 9.17) is 9.72 Å². The molecule has 142 valence electrons. The molecule has 7 heteroatoms. The summed E-state index contributed by atoms with van der Waals surface area (Å²) < 4.78 is 5.47. The number of hydrogen-bond donors (Lipinski definition) is 1. The number of nitrogens with zero attached hydrogens (tertiary/aromatic N) is 5. The van der Waals surface area contributed by atoms with Crippen LogP contribution in [-0.2, 0) is 11.2 Å². The van der Waals surface area contributed by atoms with Crippen LogP contribution in [0.15, 0.2) is 23.9 Å². The zero-order chi connectivity index (χ0) is 19.2. The van der Waals surface area contributed by atoms with E-state index < -0.39 is 0 Å². The van der Waals surface area contributed by atoms with E-state index in [1.54, 1.807) is 6.20 Å². The van der Waals surface area contributed by atoms with Crippen LogP contribution in [0, 0.1) is 11.3 Å². The van der Waals surface area contributed by atoms with Crippen molar-refractivity contribution in [2.45, 2.75) is 26.7 Å². The van der Waals surface area contributed by atoms with Crippen molar-refractivity contribution in [2.75, 3.05) is 43.2 Å². The van der Waals surface area contributed by atoms with E-state index in [1.807, 2.05) is 24.1 Å². The number of nitriles is 1. The van der Waals surface area contributed by atoms with Crippen LogP contribution in [0.1, 0.15) is 31.4 Å². The van der Waals surface area contributed by atoms with Crippen molar-refractivity contribution in [3.05, 3.63) is 35.0 Å². The number of anilines is 3. The average molecular weight is 366 g/mol. The smallest absolute Gasteiger partial charge is 0.143 e. The minimum absolute atomic E-state index is 0.340. The highest BCUT2D eigenvalue weighted by Gasteiger charge is 2.20. The predicted molar refractivity (Wildman–Crippen MR) is 107 cm³/mol. The molecule has 0 spiro atoms. The Bertz CT molecular complexity index is 831. The third kappa shape index (κ3) is 4.29. The minimum Gasteiger partial charge on any atom is -0.378 e. The largest absolute Gasteiger partial charge is 0.378 e. The number of nitrogens with one attached hydrogen (secondary N) is 1. The lowest BCUT2D eigenvalue weighted by Gasteiger charge is -2.30. The van der Waals surface area contributed by atoms with E-state index in [1.165, 1.54) is 5.57 Å². The van der Waals surface area contributed by atoms with E-state index >= 15 is 0 Å². The highest BCUT2D eigenvalue weighted by molar-refractivity contribution is 5.75. The molecule has 0 unspecified atom stereocenters. The Labute approximate surface area is 160 Å². The molecule has 0 bridgehead atoms. The zero-order valence-corrected chi connectivity index (χ0v) is 16.2. The molecule has 1 aliphatic rings. The Morgan fingerprint density at radius 1 is 1.44 bits per heavy atom. The van der Waals surface area contributed by atoms with Gasteiger partial charge in [0.05, 0.1) is 31.9 Å². The number of pyridine rings is 1. The van der Waals surface area contributed by atoms with E-state index in [9.17, 15) is 5.26 Å². The lowest BCUT2D eigenvalue weighted by molar-refractivity contribution is 0.122. The Morgan fingerprint density at radius 3 is 2.85 bits per heavy atom. The van der Waals surface area contributed by atoms with Gasteiger partial charge in [-0.25, -0.2) is 4.98 Å². The molecule has 0 aliphatic carbocycles. The average Bonchev–Trinajstić information content (AvgIpc) is 3.24. The molecule has 2 aromatic rings. The van der Waals surface area contributed by atoms with Gasteiger partial charge in [-0.2, -0.15) is 10.4 Å². The third-order valence-electron chi connectivity index (χ3n) is 4.83. The Balaban J connectivity index is 2.15. The first-order valence-electron chi connectivity index (χ1n) is 9.27. The van der Waals surface area contributed by atoms with E-state index in [-0.39, 0.29) is 0 Å². The molecule has 7 nitrogen and oxygen atoms in total. The molecular weight excluding hydrogens is 340 g/mol. The lowest BCUT2D eigenvalue weighted by Crippen LogP contribution is -2.37. The predicted octanol–water partition coefficient (Wildman–Crippen LogP) is 3.29. The molecule has 1 saturated heterocycles. The number of rotatable bonds is 6. The normalized spacial score (nSPS) is 14.9. The second-order valence-corrected chi connectivity index (χ2v) is 6.66. The van der Waals surface area contributed by atoms with Gasteiger partial charge in [0.15, 0.2) is 0 Å². The van der Waals surface area contributed by atoms with Crippen LogP contribution in [0.25, 0.3) is 6.08 Å². The van der Waals surface area contributed by atoms with E-state index in [0.29, 0.717) is 19.6 Å². The Morgan fingerprint density at radius 2 is 2.22 bits per heavy atom. The van der Waals surface area contributed by atoms with Crippen LogP contribution in [0.5, 0.6) is 0 Å². The van der Waals surface area contributed by atoms with Gasteiger partial charge in [-0.05, 0) is 25.0 Å². The minimum atomic E-state index is 0.340. The van der Waals surface area contributed by atoms with Crippen molar-refractivity contribution in [1.82, 2.24) is 15.2 Å². The van der Waals surface area contributed by atoms with Gasteiger partial charge < -0.3 is 14.5 Å². The van der Waals surface area contributed by atoms with Crippen LogP contribution in [0.3, 0.4) is 0 Å². The molecule has 0 saturated carbocycles. The molecule has 2 aromatic heterocycles. The highest BCUT2D eigenvalue weighted by Crippen LogP contribution is 2.32. The fourth-order valence-corrected chi connectivity index (χ4v) is 3.07. The number of aromatic nitrogens is 3. The summed E-state index contributed by atoms with van der Waals surface area (Å²) in [6, 6.07) is 6.27. The lowest BCUT2D eigenvalue weighted by atomic mass is 10.0. The maximum Gasteiger partial charge on any atom is 0.143 e. The Kier molecular flexibility index (Phi) is 6.09. The molecule has 0 atom stereocenters. The first-order chi connectivity index (χ1) is 13.1. The van der Waals surface area contributed by atoms with Crippen LogP contribution in [0.2, 0.25) is 0 Å². The van der Waals surface area contributed by atoms with Crippen LogP contribution >= 0.6 is 0 Å². The van der Waals surface area contributed by atoms with Crippen LogP contribution in [0.4, 0.5) is 17.5 Å².